The van der Waals surface area contributed by atoms with Gasteiger partial charge in [-0.15, -0.1) is 21.5 Å². The molecule has 186 valence electrons. The number of nitrogens with one attached hydrogen (secondary N) is 1. The van der Waals surface area contributed by atoms with Crippen LogP contribution < -0.4 is 14.8 Å². The summed E-state index contributed by atoms with van der Waals surface area (Å²) in [5.74, 6) is 1.37. The van der Waals surface area contributed by atoms with Gasteiger partial charge < -0.3 is 24.1 Å². The molecule has 4 rings (SSSR count). The minimum atomic E-state index is -0.403. The van der Waals surface area contributed by atoms with Crippen molar-refractivity contribution in [3.63, 3.8) is 0 Å². The van der Waals surface area contributed by atoms with E-state index in [4.69, 9.17) is 14.2 Å². The van der Waals surface area contributed by atoms with Crippen LogP contribution in [0.25, 0.3) is 11.4 Å². The van der Waals surface area contributed by atoms with Crippen LogP contribution >= 0.6 is 23.1 Å². The van der Waals surface area contributed by atoms with Crippen molar-refractivity contribution in [3.05, 3.63) is 34.2 Å². The number of fused-ring (bicyclic) bond motifs is 1. The molecule has 1 aromatic carbocycles. The quantitative estimate of drug-likeness (QED) is 0.268. The molecule has 0 saturated heterocycles. The van der Waals surface area contributed by atoms with E-state index in [-0.39, 0.29) is 11.7 Å². The van der Waals surface area contributed by atoms with E-state index in [0.29, 0.717) is 33.0 Å². The number of methoxy groups -OCH3 is 3. The van der Waals surface area contributed by atoms with Crippen molar-refractivity contribution in [1.29, 1.82) is 0 Å². The average Bonchev–Trinajstić information content (AvgIpc) is 3.31. The number of benzene rings is 1. The van der Waals surface area contributed by atoms with E-state index in [0.717, 1.165) is 43.2 Å². The number of thioether (sulfide) groups is 1. The van der Waals surface area contributed by atoms with Gasteiger partial charge in [0.2, 0.25) is 5.91 Å². The Morgan fingerprint density at radius 1 is 1.09 bits per heavy atom. The van der Waals surface area contributed by atoms with Crippen molar-refractivity contribution in [3.8, 4) is 22.9 Å². The molecule has 3 aromatic rings. The summed E-state index contributed by atoms with van der Waals surface area (Å²) in [6, 6.07) is 5.52. The molecule has 0 radical (unpaired) electrons. The lowest BCUT2D eigenvalue weighted by Gasteiger charge is -2.09. The first kappa shape index (κ1) is 25.1. The third-order valence-corrected chi connectivity index (χ3v) is 8.10. The predicted octanol–water partition coefficient (Wildman–Crippen LogP) is 4.35. The van der Waals surface area contributed by atoms with Crippen molar-refractivity contribution in [1.82, 2.24) is 14.8 Å². The molecular formula is C24H28N4O5S2. The van der Waals surface area contributed by atoms with Crippen molar-refractivity contribution in [2.24, 2.45) is 7.05 Å². The summed E-state index contributed by atoms with van der Waals surface area (Å²) in [6.45, 7) is 0. The first-order valence-corrected chi connectivity index (χ1v) is 13.0. The van der Waals surface area contributed by atoms with Gasteiger partial charge in [0.15, 0.2) is 22.5 Å². The Kier molecular flexibility index (Phi) is 7.97. The molecule has 11 heteroatoms. The number of rotatable bonds is 8. The predicted molar refractivity (Wildman–Crippen MR) is 136 cm³/mol. The maximum absolute atomic E-state index is 12.8. The zero-order valence-corrected chi connectivity index (χ0v) is 21.8. The number of carbonyl (C=O) groups excluding carboxylic acids is 2. The van der Waals surface area contributed by atoms with Gasteiger partial charge in [0, 0.05) is 17.5 Å². The summed E-state index contributed by atoms with van der Waals surface area (Å²) in [7, 11) is 6.38. The van der Waals surface area contributed by atoms with Crippen molar-refractivity contribution >= 4 is 40.0 Å². The SMILES string of the molecule is COC(=O)c1c(NC(=O)CSc2nnc(-c3ccc(OC)c(OC)c3)n2C)sc2c1CCCCC2. The molecule has 0 atom stereocenters. The zero-order chi connectivity index (χ0) is 24.9. The minimum absolute atomic E-state index is 0.126. The highest BCUT2D eigenvalue weighted by atomic mass is 32.2. The number of thiophene rings is 1. The summed E-state index contributed by atoms with van der Waals surface area (Å²) in [5.41, 5.74) is 2.34. The fourth-order valence-electron chi connectivity index (χ4n) is 4.11. The lowest BCUT2D eigenvalue weighted by Crippen LogP contribution is -2.16. The monoisotopic (exact) mass is 516 g/mol. The normalized spacial score (nSPS) is 13.0. The second-order valence-electron chi connectivity index (χ2n) is 8.03. The number of hydrogen-bond acceptors (Lipinski definition) is 9. The molecule has 1 aliphatic rings. The van der Waals surface area contributed by atoms with Crippen LogP contribution in [0.2, 0.25) is 0 Å². The standard InChI is InChI=1S/C24H28N4O5S2/c1-28-21(14-10-11-16(31-2)17(12-14)32-3)26-27-24(28)34-13-19(29)25-22-20(23(30)33-4)15-8-6-5-7-9-18(15)35-22/h10-12H,5-9,13H2,1-4H3,(H,25,29). The van der Waals surface area contributed by atoms with Crippen molar-refractivity contribution in [2.75, 3.05) is 32.4 Å². The Morgan fingerprint density at radius 2 is 1.86 bits per heavy atom. The molecule has 0 bridgehead atoms. The largest absolute Gasteiger partial charge is 0.493 e. The number of aromatic nitrogens is 3. The van der Waals surface area contributed by atoms with Crippen LogP contribution in [0.1, 0.15) is 40.1 Å². The molecule has 0 aliphatic heterocycles. The fraction of sp³-hybridized carbons (Fsp3) is 0.417. The molecule has 0 fully saturated rings. The maximum atomic E-state index is 12.8. The maximum Gasteiger partial charge on any atom is 0.341 e. The van der Waals surface area contributed by atoms with E-state index >= 15 is 0 Å². The van der Waals surface area contributed by atoms with E-state index in [2.05, 4.69) is 15.5 Å². The van der Waals surface area contributed by atoms with Crippen LogP contribution in [0.3, 0.4) is 0 Å². The van der Waals surface area contributed by atoms with Crippen LogP contribution in [-0.4, -0.2) is 53.7 Å². The van der Waals surface area contributed by atoms with Gasteiger partial charge in [-0.3, -0.25) is 4.79 Å². The number of ether oxygens (including phenoxy) is 3. The lowest BCUT2D eigenvalue weighted by molar-refractivity contribution is -0.113. The van der Waals surface area contributed by atoms with Gasteiger partial charge in [-0.25, -0.2) is 4.79 Å². The molecule has 0 spiro atoms. The van der Waals surface area contributed by atoms with E-state index in [1.807, 2.05) is 29.8 Å². The third kappa shape index (κ3) is 5.30. The number of aryl methyl sites for hydroxylation is 1. The van der Waals surface area contributed by atoms with Crippen LogP contribution in [0.4, 0.5) is 5.00 Å². The van der Waals surface area contributed by atoms with Gasteiger partial charge in [-0.1, -0.05) is 18.2 Å². The summed E-state index contributed by atoms with van der Waals surface area (Å²) in [6.07, 6.45) is 5.02. The van der Waals surface area contributed by atoms with Crippen LogP contribution in [0.5, 0.6) is 11.5 Å². The van der Waals surface area contributed by atoms with E-state index in [1.54, 1.807) is 14.2 Å². The number of amides is 1. The highest BCUT2D eigenvalue weighted by molar-refractivity contribution is 7.99. The second-order valence-corrected chi connectivity index (χ2v) is 10.1. The van der Waals surface area contributed by atoms with Crippen molar-refractivity contribution < 1.29 is 23.8 Å². The summed E-state index contributed by atoms with van der Waals surface area (Å²) < 4.78 is 17.5. The van der Waals surface area contributed by atoms with Gasteiger partial charge in [0.05, 0.1) is 32.6 Å². The fourth-order valence-corrected chi connectivity index (χ4v) is 6.11. The number of hydrogen-bond donors (Lipinski definition) is 1. The molecule has 0 saturated carbocycles. The minimum Gasteiger partial charge on any atom is -0.493 e. The average molecular weight is 517 g/mol. The number of anilines is 1. The molecule has 2 aromatic heterocycles. The third-order valence-electron chi connectivity index (χ3n) is 5.87. The molecule has 0 unspecified atom stereocenters. The lowest BCUT2D eigenvalue weighted by atomic mass is 10.1. The van der Waals surface area contributed by atoms with Gasteiger partial charge in [-0.2, -0.15) is 0 Å². The molecule has 1 amide bonds. The van der Waals surface area contributed by atoms with Crippen LogP contribution in [-0.2, 0) is 29.4 Å². The second kappa shape index (κ2) is 11.1. The number of esters is 1. The smallest absolute Gasteiger partial charge is 0.341 e. The Morgan fingerprint density at radius 3 is 2.60 bits per heavy atom. The molecule has 2 heterocycles. The Balaban J connectivity index is 1.47. The van der Waals surface area contributed by atoms with Gasteiger partial charge in [0.1, 0.15) is 5.00 Å². The molecule has 35 heavy (non-hydrogen) atoms. The number of carbonyl (C=O) groups is 2. The summed E-state index contributed by atoms with van der Waals surface area (Å²) in [5, 5.41) is 12.6. The van der Waals surface area contributed by atoms with E-state index < -0.39 is 5.97 Å². The Labute approximate surface area is 212 Å². The van der Waals surface area contributed by atoms with Gasteiger partial charge in [-0.05, 0) is 49.4 Å². The highest BCUT2D eigenvalue weighted by Crippen LogP contribution is 2.38. The van der Waals surface area contributed by atoms with Crippen molar-refractivity contribution in [2.45, 2.75) is 37.3 Å². The first-order chi connectivity index (χ1) is 17.0. The molecule has 1 aliphatic carbocycles. The molecule has 1 N–H and O–H groups in total. The Hall–Kier alpha value is -3.05. The van der Waals surface area contributed by atoms with Crippen LogP contribution in [0, 0.1) is 0 Å². The van der Waals surface area contributed by atoms with E-state index in [1.165, 1.54) is 35.1 Å². The molecular weight excluding hydrogens is 488 g/mol. The topological polar surface area (TPSA) is 105 Å². The highest BCUT2D eigenvalue weighted by Gasteiger charge is 2.26. The Bertz CT molecular complexity index is 1240. The number of nitrogens with zero attached hydrogens (tertiary/aromatic N) is 3. The van der Waals surface area contributed by atoms with Gasteiger partial charge in [0.25, 0.3) is 0 Å². The van der Waals surface area contributed by atoms with Crippen LogP contribution in [0.15, 0.2) is 23.4 Å². The summed E-state index contributed by atoms with van der Waals surface area (Å²) >= 11 is 2.76. The summed E-state index contributed by atoms with van der Waals surface area (Å²) in [4.78, 5) is 26.5. The van der Waals surface area contributed by atoms with E-state index in [9.17, 15) is 9.59 Å². The molecule has 9 nitrogen and oxygen atoms in total. The van der Waals surface area contributed by atoms with Gasteiger partial charge >= 0.3 is 5.97 Å². The first-order valence-electron chi connectivity index (χ1n) is 11.2. The zero-order valence-electron chi connectivity index (χ0n) is 20.2.